The molecule has 0 unspecified atom stereocenters. The van der Waals surface area contributed by atoms with Gasteiger partial charge < -0.3 is 15.6 Å². The normalized spacial score (nSPS) is 10.8. The topological polar surface area (TPSA) is 94.0 Å². The van der Waals surface area contributed by atoms with Gasteiger partial charge >= 0.3 is 0 Å². The third-order valence-electron chi connectivity index (χ3n) is 2.97. The summed E-state index contributed by atoms with van der Waals surface area (Å²) in [6.07, 6.45) is 1.41. The molecule has 1 amide bonds. The lowest BCUT2D eigenvalue weighted by molar-refractivity contribution is 0.0988. The highest BCUT2D eigenvalue weighted by Gasteiger charge is 2.14. The Hall–Kier alpha value is -2.96. The van der Waals surface area contributed by atoms with Crippen LogP contribution in [0.5, 0.6) is 0 Å². The Morgan fingerprint density at radius 3 is 2.90 bits per heavy atom. The van der Waals surface area contributed by atoms with E-state index < -0.39 is 11.7 Å². The smallest absolute Gasteiger partial charge is 0.294 e. The number of rotatable bonds is 2. The van der Waals surface area contributed by atoms with Crippen molar-refractivity contribution in [3.8, 4) is 0 Å². The lowest BCUT2D eigenvalue weighted by atomic mass is 10.1. The highest BCUT2D eigenvalue weighted by molar-refractivity contribution is 6.07. The summed E-state index contributed by atoms with van der Waals surface area (Å²) in [5.74, 6) is -0.864. The number of fused-ring (bicyclic) bond motifs is 1. The molecule has 0 radical (unpaired) electrons. The van der Waals surface area contributed by atoms with Gasteiger partial charge in [-0.2, -0.15) is 0 Å². The van der Waals surface area contributed by atoms with Crippen molar-refractivity contribution in [2.24, 2.45) is 0 Å². The number of pyridine rings is 1. The van der Waals surface area contributed by atoms with E-state index in [1.807, 2.05) is 0 Å². The number of anilines is 2. The number of nitrogen functional groups attached to an aromatic ring is 1. The van der Waals surface area contributed by atoms with Gasteiger partial charge in [0.25, 0.3) is 5.91 Å². The van der Waals surface area contributed by atoms with Crippen molar-refractivity contribution in [1.29, 1.82) is 0 Å². The van der Waals surface area contributed by atoms with Crippen LogP contribution in [0.4, 0.5) is 15.8 Å². The van der Waals surface area contributed by atoms with Crippen LogP contribution in [-0.4, -0.2) is 16.0 Å². The first-order valence-electron chi connectivity index (χ1n) is 6.13. The molecule has 7 heteroatoms. The summed E-state index contributed by atoms with van der Waals surface area (Å²) in [6, 6.07) is 5.59. The minimum absolute atomic E-state index is 0.0613. The van der Waals surface area contributed by atoms with Gasteiger partial charge in [0.05, 0.1) is 28.8 Å². The molecule has 6 nitrogen and oxygen atoms in total. The number of nitrogens with zero attached hydrogens (tertiary/aromatic N) is 2. The number of amides is 1. The molecule has 21 heavy (non-hydrogen) atoms. The van der Waals surface area contributed by atoms with Gasteiger partial charge in [-0.25, -0.2) is 4.39 Å². The zero-order chi connectivity index (χ0) is 15.0. The Balaban J connectivity index is 1.97. The van der Waals surface area contributed by atoms with E-state index >= 15 is 0 Å². The molecule has 106 valence electrons. The summed E-state index contributed by atoms with van der Waals surface area (Å²) in [6.45, 7) is 1.70. The molecule has 0 atom stereocenters. The van der Waals surface area contributed by atoms with Gasteiger partial charge in [-0.05, 0) is 25.1 Å². The van der Waals surface area contributed by atoms with Crippen molar-refractivity contribution in [2.75, 3.05) is 11.1 Å². The molecule has 0 spiro atoms. The lowest BCUT2D eigenvalue weighted by Crippen LogP contribution is -2.13. The SMILES string of the molecule is Cc1cc(C(=O)Nc2cnc3ccc(F)cc3c2N)on1. The van der Waals surface area contributed by atoms with Gasteiger partial charge in [-0.15, -0.1) is 0 Å². The first-order chi connectivity index (χ1) is 10.0. The maximum atomic E-state index is 13.3. The van der Waals surface area contributed by atoms with E-state index in [1.165, 1.54) is 30.5 Å². The lowest BCUT2D eigenvalue weighted by Gasteiger charge is -2.09. The number of carbonyl (C=O) groups is 1. The maximum absolute atomic E-state index is 13.3. The highest BCUT2D eigenvalue weighted by atomic mass is 19.1. The van der Waals surface area contributed by atoms with Crippen molar-refractivity contribution >= 4 is 28.2 Å². The van der Waals surface area contributed by atoms with Crippen LogP contribution < -0.4 is 11.1 Å². The summed E-state index contributed by atoms with van der Waals surface area (Å²) in [5.41, 5.74) is 7.61. The minimum Gasteiger partial charge on any atom is -0.396 e. The van der Waals surface area contributed by atoms with E-state index in [1.54, 1.807) is 6.92 Å². The number of nitrogens with two attached hydrogens (primary N) is 1. The number of carbonyl (C=O) groups excluding carboxylic acids is 1. The average Bonchev–Trinajstić information content (AvgIpc) is 2.89. The Morgan fingerprint density at radius 1 is 1.38 bits per heavy atom. The van der Waals surface area contributed by atoms with Gasteiger partial charge in [0, 0.05) is 11.5 Å². The molecule has 0 bridgehead atoms. The van der Waals surface area contributed by atoms with Crippen LogP contribution in [0.1, 0.15) is 16.2 Å². The second-order valence-corrected chi connectivity index (χ2v) is 4.53. The van der Waals surface area contributed by atoms with Gasteiger partial charge in [0.1, 0.15) is 5.82 Å². The number of halogens is 1. The van der Waals surface area contributed by atoms with Gasteiger partial charge in [-0.1, -0.05) is 5.16 Å². The highest BCUT2D eigenvalue weighted by Crippen LogP contribution is 2.27. The molecule has 0 saturated carbocycles. The second kappa shape index (κ2) is 4.86. The van der Waals surface area contributed by atoms with Crippen LogP contribution in [0.3, 0.4) is 0 Å². The van der Waals surface area contributed by atoms with Crippen molar-refractivity contribution in [3.63, 3.8) is 0 Å². The molecule has 3 rings (SSSR count). The molecule has 1 aromatic carbocycles. The van der Waals surface area contributed by atoms with Crippen LogP contribution in [0.2, 0.25) is 0 Å². The molecule has 0 aliphatic rings. The van der Waals surface area contributed by atoms with Crippen LogP contribution in [0, 0.1) is 12.7 Å². The van der Waals surface area contributed by atoms with Crippen molar-refractivity contribution < 1.29 is 13.7 Å². The molecule has 0 fully saturated rings. The van der Waals surface area contributed by atoms with Crippen molar-refractivity contribution in [2.45, 2.75) is 6.92 Å². The first-order valence-corrected chi connectivity index (χ1v) is 6.13. The molecular weight excluding hydrogens is 275 g/mol. The quantitative estimate of drug-likeness (QED) is 0.754. The number of aromatic nitrogens is 2. The summed E-state index contributed by atoms with van der Waals surface area (Å²) in [4.78, 5) is 16.1. The maximum Gasteiger partial charge on any atom is 0.294 e. The van der Waals surface area contributed by atoms with E-state index in [4.69, 9.17) is 10.3 Å². The summed E-state index contributed by atoms with van der Waals surface area (Å²) in [5, 5.41) is 6.63. The molecule has 3 N–H and O–H groups in total. The Morgan fingerprint density at radius 2 is 2.19 bits per heavy atom. The summed E-state index contributed by atoms with van der Waals surface area (Å²) in [7, 11) is 0. The minimum atomic E-state index is -0.500. The van der Waals surface area contributed by atoms with E-state index in [-0.39, 0.29) is 17.1 Å². The summed E-state index contributed by atoms with van der Waals surface area (Å²) < 4.78 is 18.1. The number of benzene rings is 1. The molecule has 3 aromatic rings. The third-order valence-corrected chi connectivity index (χ3v) is 2.97. The standard InChI is InChI=1S/C14H11FN4O2/c1-7-4-12(21-19-7)14(20)18-11-6-17-10-3-2-8(15)5-9(10)13(11)16/h2-6H,1H3,(H2,16,17)(H,18,20). The van der Waals surface area contributed by atoms with Crippen molar-refractivity contribution in [3.05, 3.63) is 47.7 Å². The zero-order valence-corrected chi connectivity index (χ0v) is 11.1. The first kappa shape index (κ1) is 13.0. The Labute approximate surface area is 118 Å². The molecule has 2 heterocycles. The summed E-state index contributed by atoms with van der Waals surface area (Å²) >= 11 is 0. The van der Waals surface area contributed by atoms with Crippen LogP contribution in [-0.2, 0) is 0 Å². The Bertz CT molecular complexity index is 844. The van der Waals surface area contributed by atoms with Crippen LogP contribution in [0.15, 0.2) is 35.0 Å². The monoisotopic (exact) mass is 286 g/mol. The van der Waals surface area contributed by atoms with E-state index in [0.29, 0.717) is 16.6 Å². The van der Waals surface area contributed by atoms with Crippen molar-refractivity contribution in [1.82, 2.24) is 10.1 Å². The van der Waals surface area contributed by atoms with Gasteiger partial charge in [0.2, 0.25) is 5.76 Å². The third kappa shape index (κ3) is 2.40. The molecule has 0 aliphatic carbocycles. The second-order valence-electron chi connectivity index (χ2n) is 4.53. The Kier molecular flexibility index (Phi) is 3.02. The van der Waals surface area contributed by atoms with E-state index in [9.17, 15) is 9.18 Å². The van der Waals surface area contributed by atoms with E-state index in [0.717, 1.165) is 0 Å². The largest absolute Gasteiger partial charge is 0.396 e. The zero-order valence-electron chi connectivity index (χ0n) is 11.1. The fraction of sp³-hybridized carbons (Fsp3) is 0.0714. The molecule has 2 aromatic heterocycles. The number of nitrogens with one attached hydrogen (secondary N) is 1. The number of hydrogen-bond donors (Lipinski definition) is 2. The predicted octanol–water partition coefficient (Wildman–Crippen LogP) is 2.50. The molecule has 0 saturated heterocycles. The van der Waals surface area contributed by atoms with E-state index in [2.05, 4.69) is 15.5 Å². The van der Waals surface area contributed by atoms with Crippen LogP contribution >= 0.6 is 0 Å². The van der Waals surface area contributed by atoms with Crippen LogP contribution in [0.25, 0.3) is 10.9 Å². The van der Waals surface area contributed by atoms with Gasteiger partial charge in [-0.3, -0.25) is 9.78 Å². The average molecular weight is 286 g/mol. The predicted molar refractivity (Wildman–Crippen MR) is 75.3 cm³/mol. The fourth-order valence-electron chi connectivity index (χ4n) is 1.94. The fourth-order valence-corrected chi connectivity index (χ4v) is 1.94. The molecular formula is C14H11FN4O2. The number of hydrogen-bond acceptors (Lipinski definition) is 5. The van der Waals surface area contributed by atoms with Gasteiger partial charge in [0.15, 0.2) is 0 Å². The molecule has 0 aliphatic heterocycles. The number of aryl methyl sites for hydroxylation is 1.